The molecule has 10 rings (SSSR count). The third-order valence-corrected chi connectivity index (χ3v) is 12.8. The van der Waals surface area contributed by atoms with Gasteiger partial charge in [-0.2, -0.15) is 9.97 Å². The molecule has 6 aliphatic heterocycles. The van der Waals surface area contributed by atoms with Gasteiger partial charge in [0.15, 0.2) is 5.82 Å². The number of aromatic nitrogens is 3. The molecule has 14 nitrogen and oxygen atoms in total. The third kappa shape index (κ3) is 7.60. The number of likely N-dealkylation sites (N-methyl/N-ethyl adjacent to an activating group) is 1. The van der Waals surface area contributed by atoms with Crippen LogP contribution in [0.15, 0.2) is 30.5 Å². The topological polar surface area (TPSA) is 143 Å². The van der Waals surface area contributed by atoms with Crippen molar-refractivity contribution in [2.45, 2.75) is 87.8 Å². The number of rotatable bonds is 5. The van der Waals surface area contributed by atoms with E-state index in [1.54, 1.807) is 25.9 Å². The van der Waals surface area contributed by atoms with E-state index < -0.39 is 53.3 Å². The quantitative estimate of drug-likeness (QED) is 0.233. The number of hydrogen-bond acceptors (Lipinski definition) is 11. The molecule has 4 aromatic rings. The van der Waals surface area contributed by atoms with Crippen LogP contribution in [0.25, 0.3) is 32.9 Å². The minimum atomic E-state index is -1.44. The first-order valence-electron chi connectivity index (χ1n) is 20.9. The van der Waals surface area contributed by atoms with E-state index in [0.717, 1.165) is 6.42 Å². The number of alkyl halides is 2. The van der Waals surface area contributed by atoms with Crippen molar-refractivity contribution in [2.75, 3.05) is 64.9 Å². The number of likely N-dealkylation sites (tertiary alicyclic amines) is 1. The van der Waals surface area contributed by atoms with Crippen LogP contribution in [-0.2, 0) is 16.0 Å². The molecule has 2 aromatic heterocycles. The van der Waals surface area contributed by atoms with Crippen LogP contribution in [0.4, 0.5) is 33.0 Å². The van der Waals surface area contributed by atoms with Gasteiger partial charge in [-0.15, -0.1) is 0 Å². The van der Waals surface area contributed by atoms with Gasteiger partial charge in [-0.05, 0) is 86.5 Å². The second-order valence-corrected chi connectivity index (χ2v) is 17.5. The Hall–Kier alpha value is -5.52. The first kappa shape index (κ1) is 40.9. The standard InChI is InChI=1S/C43H48F4N8O6/c1-42-17-25(44)20-53(22-42)37-30-19-48-35(34(47)36(30)49-39(50-37)60-23-43-11-6-12-54(43)21-26(45)18-43)29-16-27(61-41(58)55-13-4-8-32(55)38(56)52(2)3)15-24-9-10-31(46)28(33(24)29)7-5-14-59-40(57)51-42/h9-10,15-16,19,25-26,32H,4-8,11-14,17-18,20-23H2,1-3H3,(H,51,57)/t25-,26-,32?,42-,43+/m1/s1. The summed E-state index contributed by atoms with van der Waals surface area (Å²) < 4.78 is 81.7. The van der Waals surface area contributed by atoms with Gasteiger partial charge in [-0.1, -0.05) is 6.07 Å². The number of anilines is 1. The van der Waals surface area contributed by atoms with Gasteiger partial charge >= 0.3 is 18.2 Å². The summed E-state index contributed by atoms with van der Waals surface area (Å²) >= 11 is 0. The van der Waals surface area contributed by atoms with Gasteiger partial charge in [-0.25, -0.2) is 27.2 Å². The molecule has 0 spiro atoms. The fourth-order valence-electron chi connectivity index (χ4n) is 10.1. The van der Waals surface area contributed by atoms with E-state index >= 15 is 13.2 Å². The van der Waals surface area contributed by atoms with Crippen molar-refractivity contribution in [3.8, 4) is 23.0 Å². The van der Waals surface area contributed by atoms with E-state index in [2.05, 4.69) is 20.2 Å². The van der Waals surface area contributed by atoms with Crippen molar-refractivity contribution in [1.29, 1.82) is 0 Å². The first-order chi connectivity index (χ1) is 29.2. The monoisotopic (exact) mass is 848 g/mol. The second kappa shape index (κ2) is 15.7. The number of alkyl carbamates (subject to hydrolysis) is 1. The zero-order valence-corrected chi connectivity index (χ0v) is 34.3. The summed E-state index contributed by atoms with van der Waals surface area (Å²) in [5.41, 5.74) is -1.95. The zero-order chi connectivity index (χ0) is 42.8. The minimum Gasteiger partial charge on any atom is -0.461 e. The average molecular weight is 849 g/mol. The number of hydrogen-bond donors (Lipinski definition) is 1. The number of pyridine rings is 1. The lowest BCUT2D eigenvalue weighted by Crippen LogP contribution is -2.60. The molecule has 2 aromatic carbocycles. The van der Waals surface area contributed by atoms with Crippen LogP contribution in [0, 0.1) is 11.6 Å². The molecule has 18 heteroatoms. The minimum absolute atomic E-state index is 0.00250. The summed E-state index contributed by atoms with van der Waals surface area (Å²) in [4.78, 5) is 60.1. The maximum absolute atomic E-state index is 17.6. The van der Waals surface area contributed by atoms with Crippen molar-refractivity contribution < 1.29 is 46.2 Å². The van der Waals surface area contributed by atoms with Crippen molar-refractivity contribution in [1.82, 2.24) is 35.0 Å². The van der Waals surface area contributed by atoms with Crippen LogP contribution in [-0.4, -0.2) is 137 Å². The largest absolute Gasteiger partial charge is 0.461 e. The van der Waals surface area contributed by atoms with Crippen LogP contribution in [0.5, 0.6) is 11.8 Å². The third-order valence-electron chi connectivity index (χ3n) is 12.8. The first-order valence-corrected chi connectivity index (χ1v) is 20.9. The number of nitrogens with zero attached hydrogens (tertiary/aromatic N) is 7. The highest BCUT2D eigenvalue weighted by Crippen LogP contribution is 2.43. The summed E-state index contributed by atoms with van der Waals surface area (Å²) in [5, 5.41) is 3.60. The van der Waals surface area contributed by atoms with Gasteiger partial charge in [0.25, 0.3) is 0 Å². The Morgan fingerprint density at radius 3 is 2.69 bits per heavy atom. The molecule has 3 amide bonds. The fraction of sp³-hybridized carbons (Fsp3) is 0.535. The van der Waals surface area contributed by atoms with E-state index in [9.17, 15) is 18.8 Å². The number of fused-ring (bicyclic) bond motifs is 7. The van der Waals surface area contributed by atoms with Crippen molar-refractivity contribution in [3.63, 3.8) is 0 Å². The van der Waals surface area contributed by atoms with Gasteiger partial charge in [0.2, 0.25) is 5.91 Å². The highest BCUT2D eigenvalue weighted by atomic mass is 19.1. The number of piperidine rings is 1. The summed E-state index contributed by atoms with van der Waals surface area (Å²) in [5.74, 6) is -1.67. The Kier molecular flexibility index (Phi) is 10.5. The lowest BCUT2D eigenvalue weighted by Gasteiger charge is -2.42. The number of ether oxygens (including phenoxy) is 3. The van der Waals surface area contributed by atoms with E-state index in [0.29, 0.717) is 37.7 Å². The Morgan fingerprint density at radius 1 is 1.05 bits per heavy atom. The molecule has 1 unspecified atom stereocenters. The van der Waals surface area contributed by atoms with Crippen LogP contribution in [0.1, 0.15) is 57.4 Å². The number of carbonyl (C=O) groups is 3. The van der Waals surface area contributed by atoms with Gasteiger partial charge < -0.3 is 29.3 Å². The van der Waals surface area contributed by atoms with Crippen molar-refractivity contribution in [3.05, 3.63) is 47.7 Å². The second-order valence-electron chi connectivity index (χ2n) is 17.5. The van der Waals surface area contributed by atoms with E-state index in [4.69, 9.17) is 19.2 Å². The van der Waals surface area contributed by atoms with Gasteiger partial charge in [0, 0.05) is 58.3 Å². The van der Waals surface area contributed by atoms with Crippen molar-refractivity contribution in [2.24, 2.45) is 0 Å². The molecular weight excluding hydrogens is 801 g/mol. The van der Waals surface area contributed by atoms with Gasteiger partial charge in [0.05, 0.1) is 29.6 Å². The number of benzene rings is 2. The smallest absolute Gasteiger partial charge is 0.415 e. The lowest BCUT2D eigenvalue weighted by atomic mass is 9.90. The number of halogens is 4. The highest BCUT2D eigenvalue weighted by molar-refractivity contribution is 6.02. The SMILES string of the molecule is CN(C)C(=O)C1CCCN1C(=O)Oc1cc2c3c(c(F)ccc3c1)CCCOC(=O)N[C@]1(C)C[C@@H](F)CN(C1)c1nc(OC[C@@]34CCCN3C[C@H](F)C4)nc3c(F)c-2ncc13. The molecular formula is C43H48F4N8O6. The maximum atomic E-state index is 17.6. The molecule has 61 heavy (non-hydrogen) atoms. The summed E-state index contributed by atoms with van der Waals surface area (Å²) in [7, 11) is 3.22. The molecule has 4 saturated heterocycles. The number of nitrogens with one attached hydrogen (secondary N) is 1. The lowest BCUT2D eigenvalue weighted by molar-refractivity contribution is -0.132. The highest BCUT2D eigenvalue weighted by Gasteiger charge is 2.49. The van der Waals surface area contributed by atoms with Gasteiger partial charge in [0.1, 0.15) is 53.6 Å². The Morgan fingerprint density at radius 2 is 1.87 bits per heavy atom. The Balaban J connectivity index is 1.20. The maximum Gasteiger partial charge on any atom is 0.415 e. The van der Waals surface area contributed by atoms with Crippen molar-refractivity contribution >= 4 is 45.6 Å². The molecule has 1 N–H and O–H groups in total. The number of aryl methyl sites for hydroxylation is 1. The predicted molar refractivity (Wildman–Crippen MR) is 216 cm³/mol. The molecule has 0 radical (unpaired) electrons. The molecule has 5 atom stereocenters. The molecule has 0 aliphatic carbocycles. The summed E-state index contributed by atoms with van der Waals surface area (Å²) in [6.07, 6.45) is 0.411. The van der Waals surface area contributed by atoms with Crippen LogP contribution in [0.3, 0.4) is 0 Å². The predicted octanol–water partition coefficient (Wildman–Crippen LogP) is 6.11. The Bertz CT molecular complexity index is 2430. The molecule has 6 aliphatic rings. The molecule has 0 saturated carbocycles. The summed E-state index contributed by atoms with van der Waals surface area (Å²) in [6, 6.07) is 4.74. The van der Waals surface area contributed by atoms with E-state index in [-0.39, 0.29) is 115 Å². The normalized spacial score (nSPS) is 26.7. The number of amides is 3. The Labute approximate surface area is 349 Å². The van der Waals surface area contributed by atoms with Crippen LogP contribution in [0.2, 0.25) is 0 Å². The molecule has 8 heterocycles. The number of carbonyl (C=O) groups excluding carboxylic acids is 3. The molecule has 4 fully saturated rings. The zero-order valence-electron chi connectivity index (χ0n) is 34.3. The van der Waals surface area contributed by atoms with E-state index in [1.807, 2.05) is 0 Å². The van der Waals surface area contributed by atoms with Gasteiger partial charge in [-0.3, -0.25) is 19.6 Å². The molecule has 324 valence electrons. The average Bonchev–Trinajstić information content (AvgIpc) is 3.93. The van der Waals surface area contributed by atoms with E-state index in [1.165, 1.54) is 40.3 Å². The van der Waals surface area contributed by atoms with Crippen LogP contribution < -0.4 is 19.7 Å². The van der Waals surface area contributed by atoms with Crippen LogP contribution >= 0.6 is 0 Å². The fourth-order valence-corrected chi connectivity index (χ4v) is 10.1. The summed E-state index contributed by atoms with van der Waals surface area (Å²) in [6.45, 7) is 2.81. The molecule has 6 bridgehead atoms.